The minimum atomic E-state index is -3.28. The quantitative estimate of drug-likeness (QED) is 0.893. The zero-order chi connectivity index (χ0) is 14.6. The first-order valence-corrected chi connectivity index (χ1v) is 7.95. The van der Waals surface area contributed by atoms with Gasteiger partial charge < -0.3 is 5.32 Å². The standard InChI is InChI=1S/C13H20N2O3S/c1-5-10(2)14-13(16)11-6-8-12(9-7-11)15(3)19(4,17)18/h6-10H,5H2,1-4H3,(H,14,16). The van der Waals surface area contributed by atoms with Gasteiger partial charge in [0.15, 0.2) is 0 Å². The smallest absolute Gasteiger partial charge is 0.251 e. The molecule has 1 atom stereocenters. The van der Waals surface area contributed by atoms with E-state index in [4.69, 9.17) is 0 Å². The molecule has 1 aromatic carbocycles. The fraction of sp³-hybridized carbons (Fsp3) is 0.462. The van der Waals surface area contributed by atoms with Gasteiger partial charge in [0.05, 0.1) is 11.9 Å². The van der Waals surface area contributed by atoms with Gasteiger partial charge in [-0.2, -0.15) is 0 Å². The normalized spacial score (nSPS) is 12.8. The zero-order valence-corrected chi connectivity index (χ0v) is 12.5. The fourth-order valence-electron chi connectivity index (χ4n) is 1.42. The number of rotatable bonds is 5. The molecular formula is C13H20N2O3S. The molecule has 106 valence electrons. The second kappa shape index (κ2) is 6.06. The Morgan fingerprint density at radius 1 is 1.32 bits per heavy atom. The largest absolute Gasteiger partial charge is 0.350 e. The Labute approximate surface area is 114 Å². The van der Waals surface area contributed by atoms with Gasteiger partial charge in [-0.05, 0) is 37.6 Å². The van der Waals surface area contributed by atoms with Gasteiger partial charge >= 0.3 is 0 Å². The summed E-state index contributed by atoms with van der Waals surface area (Å²) in [6.07, 6.45) is 2.00. The number of sulfonamides is 1. The van der Waals surface area contributed by atoms with Crippen LogP contribution in [0.4, 0.5) is 5.69 Å². The average molecular weight is 284 g/mol. The molecule has 0 aliphatic heterocycles. The topological polar surface area (TPSA) is 66.5 Å². The third kappa shape index (κ3) is 4.24. The van der Waals surface area contributed by atoms with Crippen LogP contribution in [0.3, 0.4) is 0 Å². The lowest BCUT2D eigenvalue weighted by Gasteiger charge is -2.17. The van der Waals surface area contributed by atoms with Crippen molar-refractivity contribution in [3.8, 4) is 0 Å². The van der Waals surface area contributed by atoms with Gasteiger partial charge in [-0.1, -0.05) is 6.92 Å². The predicted octanol–water partition coefficient (Wildman–Crippen LogP) is 1.61. The molecule has 0 saturated heterocycles. The third-order valence-corrected chi connectivity index (χ3v) is 4.19. The van der Waals surface area contributed by atoms with E-state index in [2.05, 4.69) is 5.32 Å². The van der Waals surface area contributed by atoms with Crippen LogP contribution in [0.15, 0.2) is 24.3 Å². The Morgan fingerprint density at radius 3 is 2.26 bits per heavy atom. The Morgan fingerprint density at radius 2 is 1.84 bits per heavy atom. The molecule has 0 bridgehead atoms. The SMILES string of the molecule is CCC(C)NC(=O)c1ccc(N(C)S(C)(=O)=O)cc1. The van der Waals surface area contributed by atoms with Crippen molar-refractivity contribution in [2.45, 2.75) is 26.3 Å². The summed E-state index contributed by atoms with van der Waals surface area (Å²) in [4.78, 5) is 11.8. The van der Waals surface area contributed by atoms with Gasteiger partial charge in [-0.25, -0.2) is 8.42 Å². The van der Waals surface area contributed by atoms with Crippen LogP contribution < -0.4 is 9.62 Å². The Balaban J connectivity index is 2.85. The molecule has 1 unspecified atom stereocenters. The minimum absolute atomic E-state index is 0.117. The van der Waals surface area contributed by atoms with Crippen molar-refractivity contribution in [2.75, 3.05) is 17.6 Å². The Kier molecular flexibility index (Phi) is 4.94. The van der Waals surface area contributed by atoms with E-state index in [0.717, 1.165) is 12.7 Å². The number of amides is 1. The summed E-state index contributed by atoms with van der Waals surface area (Å²) in [5.41, 5.74) is 1.05. The van der Waals surface area contributed by atoms with Gasteiger partial charge in [0.2, 0.25) is 10.0 Å². The van der Waals surface area contributed by atoms with Crippen LogP contribution in [0.1, 0.15) is 30.6 Å². The summed E-state index contributed by atoms with van der Waals surface area (Å²) in [6, 6.07) is 6.59. The van der Waals surface area contributed by atoms with Crippen molar-refractivity contribution in [3.63, 3.8) is 0 Å². The Bertz CT molecular complexity index is 538. The lowest BCUT2D eigenvalue weighted by molar-refractivity contribution is 0.0939. The molecule has 1 N–H and O–H groups in total. The molecule has 1 aromatic rings. The lowest BCUT2D eigenvalue weighted by atomic mass is 10.1. The van der Waals surface area contributed by atoms with Crippen molar-refractivity contribution >= 4 is 21.6 Å². The molecule has 0 aliphatic carbocycles. The molecule has 0 saturated carbocycles. The summed E-state index contributed by atoms with van der Waals surface area (Å²) in [7, 11) is -1.80. The molecule has 6 heteroatoms. The molecule has 5 nitrogen and oxygen atoms in total. The van der Waals surface area contributed by atoms with E-state index < -0.39 is 10.0 Å². The summed E-state index contributed by atoms with van der Waals surface area (Å²) in [6.45, 7) is 3.93. The molecule has 0 aliphatic rings. The number of nitrogens with zero attached hydrogens (tertiary/aromatic N) is 1. The van der Waals surface area contributed by atoms with E-state index in [1.54, 1.807) is 24.3 Å². The van der Waals surface area contributed by atoms with E-state index in [1.165, 1.54) is 11.4 Å². The fourth-order valence-corrected chi connectivity index (χ4v) is 1.93. The molecule has 0 spiro atoms. The van der Waals surface area contributed by atoms with Crippen LogP contribution >= 0.6 is 0 Å². The maximum absolute atomic E-state index is 11.8. The molecule has 1 amide bonds. The second-order valence-corrected chi connectivity index (χ2v) is 6.57. The number of anilines is 1. The van der Waals surface area contributed by atoms with Gasteiger partial charge in [-0.15, -0.1) is 0 Å². The van der Waals surface area contributed by atoms with Crippen LogP contribution in [0.2, 0.25) is 0 Å². The maximum Gasteiger partial charge on any atom is 0.251 e. The Hall–Kier alpha value is -1.56. The van der Waals surface area contributed by atoms with Crippen LogP contribution in [0, 0.1) is 0 Å². The summed E-state index contributed by atoms with van der Waals surface area (Å²) >= 11 is 0. The summed E-state index contributed by atoms with van der Waals surface area (Å²) in [5, 5.41) is 2.85. The highest BCUT2D eigenvalue weighted by Gasteiger charge is 2.13. The van der Waals surface area contributed by atoms with E-state index >= 15 is 0 Å². The second-order valence-electron chi connectivity index (χ2n) is 4.56. The van der Waals surface area contributed by atoms with Crippen LogP contribution in [0.5, 0.6) is 0 Å². The monoisotopic (exact) mass is 284 g/mol. The number of nitrogens with one attached hydrogen (secondary N) is 1. The first-order valence-electron chi connectivity index (χ1n) is 6.10. The van der Waals surface area contributed by atoms with Crippen molar-refractivity contribution < 1.29 is 13.2 Å². The number of hydrogen-bond acceptors (Lipinski definition) is 3. The number of benzene rings is 1. The minimum Gasteiger partial charge on any atom is -0.350 e. The highest BCUT2D eigenvalue weighted by Crippen LogP contribution is 2.16. The average Bonchev–Trinajstić information content (AvgIpc) is 2.36. The van der Waals surface area contributed by atoms with E-state index in [9.17, 15) is 13.2 Å². The van der Waals surface area contributed by atoms with Crippen molar-refractivity contribution in [1.82, 2.24) is 5.32 Å². The van der Waals surface area contributed by atoms with Gasteiger partial charge in [0.1, 0.15) is 0 Å². The molecule has 1 rings (SSSR count). The van der Waals surface area contributed by atoms with E-state index in [0.29, 0.717) is 11.3 Å². The highest BCUT2D eigenvalue weighted by atomic mass is 32.2. The first kappa shape index (κ1) is 15.5. The molecule has 0 aromatic heterocycles. The molecule has 0 radical (unpaired) electrons. The van der Waals surface area contributed by atoms with Crippen molar-refractivity contribution in [3.05, 3.63) is 29.8 Å². The van der Waals surface area contributed by atoms with Crippen LogP contribution in [0.25, 0.3) is 0 Å². The van der Waals surface area contributed by atoms with E-state index in [-0.39, 0.29) is 11.9 Å². The molecule has 0 heterocycles. The highest BCUT2D eigenvalue weighted by molar-refractivity contribution is 7.92. The van der Waals surface area contributed by atoms with Crippen molar-refractivity contribution in [2.24, 2.45) is 0 Å². The van der Waals surface area contributed by atoms with Crippen LogP contribution in [-0.4, -0.2) is 33.7 Å². The molecular weight excluding hydrogens is 264 g/mol. The third-order valence-electron chi connectivity index (χ3n) is 2.98. The molecule has 19 heavy (non-hydrogen) atoms. The number of carbonyl (C=O) groups is 1. The van der Waals surface area contributed by atoms with Crippen molar-refractivity contribution in [1.29, 1.82) is 0 Å². The number of hydrogen-bond donors (Lipinski definition) is 1. The van der Waals surface area contributed by atoms with Gasteiger partial charge in [0, 0.05) is 18.7 Å². The van der Waals surface area contributed by atoms with Crippen LogP contribution in [-0.2, 0) is 10.0 Å². The number of carbonyl (C=O) groups excluding carboxylic acids is 1. The van der Waals surface area contributed by atoms with Gasteiger partial charge in [0.25, 0.3) is 5.91 Å². The summed E-state index contributed by atoms with van der Waals surface area (Å²) in [5.74, 6) is -0.150. The van der Waals surface area contributed by atoms with E-state index in [1.807, 2.05) is 13.8 Å². The lowest BCUT2D eigenvalue weighted by Crippen LogP contribution is -2.32. The van der Waals surface area contributed by atoms with Gasteiger partial charge in [-0.3, -0.25) is 9.10 Å². The zero-order valence-electron chi connectivity index (χ0n) is 11.7. The summed E-state index contributed by atoms with van der Waals surface area (Å²) < 4.78 is 23.9. The molecule has 0 fully saturated rings. The predicted molar refractivity (Wildman–Crippen MR) is 76.9 cm³/mol. The first-order chi connectivity index (χ1) is 8.75. The maximum atomic E-state index is 11.8.